The minimum atomic E-state index is -0.333. The van der Waals surface area contributed by atoms with Gasteiger partial charge in [-0.2, -0.15) is 5.26 Å². The Morgan fingerprint density at radius 3 is 2.69 bits per heavy atom. The van der Waals surface area contributed by atoms with Crippen LogP contribution < -0.4 is 15.4 Å². The first-order valence-corrected chi connectivity index (χ1v) is 12.9. The van der Waals surface area contributed by atoms with Crippen LogP contribution in [0.3, 0.4) is 0 Å². The highest BCUT2D eigenvalue weighted by Crippen LogP contribution is 2.43. The number of benzene rings is 2. The maximum absolute atomic E-state index is 12.8. The van der Waals surface area contributed by atoms with Crippen LogP contribution in [-0.2, 0) is 19.4 Å². The van der Waals surface area contributed by atoms with Crippen molar-refractivity contribution < 1.29 is 9.53 Å². The summed E-state index contributed by atoms with van der Waals surface area (Å²) in [5.41, 5.74) is 3.49. The highest BCUT2D eigenvalue weighted by molar-refractivity contribution is 7.80. The zero-order chi connectivity index (χ0) is 25.0. The number of rotatable bonds is 5. The summed E-state index contributed by atoms with van der Waals surface area (Å²) >= 11 is 6.99. The Balaban J connectivity index is 1.40. The van der Waals surface area contributed by atoms with Gasteiger partial charge in [-0.05, 0) is 72.1 Å². The predicted octanol–water partition coefficient (Wildman–Crippen LogP) is 6.48. The zero-order valence-electron chi connectivity index (χ0n) is 20.2. The van der Waals surface area contributed by atoms with Crippen LogP contribution in [0.15, 0.2) is 54.6 Å². The van der Waals surface area contributed by atoms with Crippen LogP contribution in [0.4, 0.5) is 5.00 Å². The number of anilines is 1. The van der Waals surface area contributed by atoms with Crippen LogP contribution in [0, 0.1) is 22.7 Å². The van der Waals surface area contributed by atoms with Gasteiger partial charge in [-0.3, -0.25) is 10.1 Å². The zero-order valence-corrected chi connectivity index (χ0v) is 21.8. The van der Waals surface area contributed by atoms with Gasteiger partial charge in [0.1, 0.15) is 23.4 Å². The number of amides is 1. The molecule has 35 heavy (non-hydrogen) atoms. The lowest BCUT2D eigenvalue weighted by atomic mass is 9.72. The van der Waals surface area contributed by atoms with Gasteiger partial charge in [0.25, 0.3) is 5.91 Å². The van der Waals surface area contributed by atoms with Crippen molar-refractivity contribution in [3.05, 3.63) is 81.7 Å². The number of nitriles is 1. The quantitative estimate of drug-likeness (QED) is 0.390. The number of fused-ring (bicyclic) bond motifs is 1. The lowest BCUT2D eigenvalue weighted by molar-refractivity contribution is 0.0977. The number of carbonyl (C=O) groups is 1. The molecule has 0 saturated carbocycles. The minimum absolute atomic E-state index is 0.174. The fourth-order valence-electron chi connectivity index (χ4n) is 4.31. The van der Waals surface area contributed by atoms with Gasteiger partial charge < -0.3 is 10.1 Å². The van der Waals surface area contributed by atoms with E-state index >= 15 is 0 Å². The molecule has 1 aliphatic rings. The molecule has 1 aliphatic carbocycles. The second kappa shape index (κ2) is 10.6. The third-order valence-electron chi connectivity index (χ3n) is 6.40. The first-order valence-electron chi connectivity index (χ1n) is 11.7. The van der Waals surface area contributed by atoms with Crippen molar-refractivity contribution in [1.29, 1.82) is 5.26 Å². The molecule has 0 saturated heterocycles. The smallest absolute Gasteiger partial charge is 0.257 e. The van der Waals surface area contributed by atoms with Crippen molar-refractivity contribution in [3.63, 3.8) is 0 Å². The van der Waals surface area contributed by atoms with Crippen LogP contribution in [0.5, 0.6) is 5.75 Å². The summed E-state index contributed by atoms with van der Waals surface area (Å²) in [4.78, 5) is 14.1. The van der Waals surface area contributed by atoms with Gasteiger partial charge in [-0.25, -0.2) is 0 Å². The Morgan fingerprint density at radius 1 is 1.20 bits per heavy atom. The lowest BCUT2D eigenvalue weighted by Crippen LogP contribution is -2.34. The SMILES string of the molecule is CC(C)(C)[C@H]1CCc2c(sc(NC(=S)NC(=O)c3cccc(OCc4ccccc4)c3)c2C#N)C1. The Hall–Kier alpha value is -3.21. The predicted molar refractivity (Wildman–Crippen MR) is 145 cm³/mol. The first kappa shape index (κ1) is 24.9. The topological polar surface area (TPSA) is 74.2 Å². The van der Waals surface area contributed by atoms with Crippen LogP contribution in [-0.4, -0.2) is 11.0 Å². The second-order valence-electron chi connectivity index (χ2n) is 9.84. The van der Waals surface area contributed by atoms with Crippen LogP contribution in [0.2, 0.25) is 0 Å². The fourth-order valence-corrected chi connectivity index (χ4v) is 5.85. The second-order valence-corrected chi connectivity index (χ2v) is 11.3. The molecule has 1 atom stereocenters. The van der Waals surface area contributed by atoms with Crippen LogP contribution >= 0.6 is 23.6 Å². The van der Waals surface area contributed by atoms with E-state index in [2.05, 4.69) is 37.5 Å². The molecular weight excluding hydrogens is 474 g/mol. The molecule has 4 rings (SSSR count). The van der Waals surface area contributed by atoms with Gasteiger partial charge >= 0.3 is 0 Å². The number of thiocarbonyl (C=S) groups is 1. The normalized spacial score (nSPS) is 15.0. The average molecular weight is 504 g/mol. The van der Waals surface area contributed by atoms with E-state index in [1.807, 2.05) is 36.4 Å². The third kappa shape index (κ3) is 6.08. The van der Waals surface area contributed by atoms with Gasteiger partial charge in [0.2, 0.25) is 0 Å². The van der Waals surface area contributed by atoms with Gasteiger partial charge in [0.05, 0.1) is 5.56 Å². The number of hydrogen-bond donors (Lipinski definition) is 2. The molecule has 0 bridgehead atoms. The molecule has 2 N–H and O–H groups in total. The fraction of sp³-hybridized carbons (Fsp3) is 0.321. The molecule has 1 heterocycles. The maximum atomic E-state index is 12.8. The summed E-state index contributed by atoms with van der Waals surface area (Å²) in [5.74, 6) is 0.850. The molecule has 0 unspecified atom stereocenters. The molecule has 5 nitrogen and oxygen atoms in total. The molecular formula is C28H29N3O2S2. The Labute approximate surface area is 216 Å². The summed E-state index contributed by atoms with van der Waals surface area (Å²) in [6.07, 6.45) is 2.94. The van der Waals surface area contributed by atoms with Gasteiger partial charge in [0, 0.05) is 10.4 Å². The molecule has 0 spiro atoms. The van der Waals surface area contributed by atoms with Crippen molar-refractivity contribution in [2.45, 2.75) is 46.6 Å². The van der Waals surface area contributed by atoms with E-state index < -0.39 is 0 Å². The van der Waals surface area contributed by atoms with Crippen molar-refractivity contribution in [1.82, 2.24) is 5.32 Å². The van der Waals surface area contributed by atoms with Crippen molar-refractivity contribution in [3.8, 4) is 11.8 Å². The van der Waals surface area contributed by atoms with Crippen LogP contribution in [0.25, 0.3) is 0 Å². The Morgan fingerprint density at radius 2 is 1.97 bits per heavy atom. The number of hydrogen-bond acceptors (Lipinski definition) is 5. The number of nitrogens with one attached hydrogen (secondary N) is 2. The number of carbonyl (C=O) groups excluding carboxylic acids is 1. The molecule has 0 radical (unpaired) electrons. The Kier molecular flexibility index (Phi) is 7.54. The summed E-state index contributed by atoms with van der Waals surface area (Å²) in [5, 5.41) is 16.5. The number of thiophene rings is 1. The van der Waals surface area contributed by atoms with E-state index in [1.165, 1.54) is 4.88 Å². The van der Waals surface area contributed by atoms with Gasteiger partial charge in [-0.1, -0.05) is 57.2 Å². The maximum Gasteiger partial charge on any atom is 0.257 e. The van der Waals surface area contributed by atoms with E-state index in [4.69, 9.17) is 17.0 Å². The highest BCUT2D eigenvalue weighted by atomic mass is 32.1. The molecule has 2 aromatic carbocycles. The van der Waals surface area contributed by atoms with E-state index in [0.717, 1.165) is 30.4 Å². The minimum Gasteiger partial charge on any atom is -0.489 e. The molecule has 3 aromatic rings. The van der Waals surface area contributed by atoms with Crippen LogP contribution in [0.1, 0.15) is 59.1 Å². The third-order valence-corrected chi connectivity index (χ3v) is 7.77. The standard InChI is InChI=1S/C28H29N3O2S2/c1-28(2,3)20-12-13-22-23(16-29)26(35-24(22)15-20)31-27(34)30-25(32)19-10-7-11-21(14-19)33-17-18-8-5-4-6-9-18/h4-11,14,20H,12-13,15,17H2,1-3H3,(H2,30,31,32,34)/t20-/m0/s1. The van der Waals surface area contributed by atoms with Crippen molar-refractivity contribution in [2.75, 3.05) is 5.32 Å². The molecule has 180 valence electrons. The van der Waals surface area contributed by atoms with Crippen molar-refractivity contribution >= 4 is 39.6 Å². The summed E-state index contributed by atoms with van der Waals surface area (Å²) in [6.45, 7) is 7.23. The highest BCUT2D eigenvalue weighted by Gasteiger charge is 2.32. The average Bonchev–Trinajstić information content (AvgIpc) is 3.19. The van der Waals surface area contributed by atoms with E-state index in [1.54, 1.807) is 29.5 Å². The van der Waals surface area contributed by atoms with E-state index in [-0.39, 0.29) is 16.4 Å². The Bertz CT molecular complexity index is 1270. The van der Waals surface area contributed by atoms with Gasteiger partial charge in [0.15, 0.2) is 5.11 Å². The molecule has 0 fully saturated rings. The lowest BCUT2D eigenvalue weighted by Gasteiger charge is -2.33. The van der Waals surface area contributed by atoms with Gasteiger partial charge in [-0.15, -0.1) is 11.3 Å². The molecule has 1 aromatic heterocycles. The molecule has 0 aliphatic heterocycles. The largest absolute Gasteiger partial charge is 0.489 e. The number of ether oxygens (including phenoxy) is 1. The number of nitrogens with zero attached hydrogens (tertiary/aromatic N) is 1. The van der Waals surface area contributed by atoms with Crippen molar-refractivity contribution in [2.24, 2.45) is 11.3 Å². The first-order chi connectivity index (χ1) is 16.7. The van der Waals surface area contributed by atoms with E-state index in [0.29, 0.717) is 34.4 Å². The summed E-state index contributed by atoms with van der Waals surface area (Å²) in [7, 11) is 0. The van der Waals surface area contributed by atoms with E-state index in [9.17, 15) is 10.1 Å². The molecule has 7 heteroatoms. The molecule has 1 amide bonds. The summed E-state index contributed by atoms with van der Waals surface area (Å²) < 4.78 is 5.83. The summed E-state index contributed by atoms with van der Waals surface area (Å²) in [6, 6.07) is 19.2. The monoisotopic (exact) mass is 503 g/mol.